The van der Waals surface area contributed by atoms with Gasteiger partial charge in [-0.3, -0.25) is 4.79 Å². The summed E-state index contributed by atoms with van der Waals surface area (Å²) in [6.07, 6.45) is 2.31. The molecule has 1 rings (SSSR count). The Morgan fingerprint density at radius 3 is 2.83 bits per heavy atom. The number of carbonyl (C=O) groups is 2. The summed E-state index contributed by atoms with van der Waals surface area (Å²) in [7, 11) is 0. The van der Waals surface area contributed by atoms with Crippen molar-refractivity contribution in [2.24, 2.45) is 0 Å². The maximum absolute atomic E-state index is 11.7. The van der Waals surface area contributed by atoms with Gasteiger partial charge in [0.05, 0.1) is 6.10 Å². The number of ether oxygens (including phenoxy) is 1. The largest absolute Gasteiger partial charge is 0.481 e. The number of hydrogen-bond acceptors (Lipinski definition) is 3. The van der Waals surface area contributed by atoms with Crippen molar-refractivity contribution < 1.29 is 19.4 Å². The van der Waals surface area contributed by atoms with Gasteiger partial charge in [0.25, 0.3) is 0 Å². The van der Waals surface area contributed by atoms with Gasteiger partial charge in [0.2, 0.25) is 0 Å². The molecule has 3 unspecified atom stereocenters. The third-order valence-corrected chi connectivity index (χ3v) is 2.99. The van der Waals surface area contributed by atoms with Gasteiger partial charge in [-0.2, -0.15) is 0 Å². The van der Waals surface area contributed by atoms with Crippen LogP contribution in [0.2, 0.25) is 0 Å². The van der Waals surface area contributed by atoms with Crippen LogP contribution in [0.5, 0.6) is 0 Å². The Kier molecular flexibility index (Phi) is 5.91. The number of urea groups is 1. The summed E-state index contributed by atoms with van der Waals surface area (Å²) >= 11 is 0. The molecule has 2 amide bonds. The Balaban J connectivity index is 2.21. The van der Waals surface area contributed by atoms with Gasteiger partial charge in [-0.25, -0.2) is 4.79 Å². The van der Waals surface area contributed by atoms with E-state index in [0.29, 0.717) is 13.0 Å². The topological polar surface area (TPSA) is 87.7 Å². The summed E-state index contributed by atoms with van der Waals surface area (Å²) in [6.45, 7) is 4.46. The van der Waals surface area contributed by atoms with E-state index < -0.39 is 5.97 Å². The summed E-state index contributed by atoms with van der Waals surface area (Å²) in [4.78, 5) is 22.1. The molecule has 1 fully saturated rings. The molecule has 0 aromatic carbocycles. The minimum Gasteiger partial charge on any atom is -0.481 e. The fourth-order valence-corrected chi connectivity index (χ4v) is 1.99. The van der Waals surface area contributed by atoms with E-state index in [1.54, 1.807) is 6.92 Å². The average Bonchev–Trinajstić information content (AvgIpc) is 2.26. The number of carbonyl (C=O) groups excluding carboxylic acids is 1. The van der Waals surface area contributed by atoms with E-state index in [-0.39, 0.29) is 30.6 Å². The highest BCUT2D eigenvalue weighted by Gasteiger charge is 2.21. The van der Waals surface area contributed by atoms with Crippen molar-refractivity contribution >= 4 is 12.0 Å². The Labute approximate surface area is 107 Å². The van der Waals surface area contributed by atoms with Gasteiger partial charge >= 0.3 is 12.0 Å². The van der Waals surface area contributed by atoms with Crippen LogP contribution in [0.15, 0.2) is 0 Å². The Morgan fingerprint density at radius 1 is 1.50 bits per heavy atom. The van der Waals surface area contributed by atoms with Crippen LogP contribution in [-0.4, -0.2) is 41.9 Å². The second kappa shape index (κ2) is 7.20. The predicted octanol–water partition coefficient (Wildman–Crippen LogP) is 1.11. The highest BCUT2D eigenvalue weighted by atomic mass is 16.5. The van der Waals surface area contributed by atoms with Crippen LogP contribution < -0.4 is 10.6 Å². The number of aliphatic carboxylic acids is 1. The van der Waals surface area contributed by atoms with Crippen molar-refractivity contribution in [1.29, 1.82) is 0 Å². The second-order valence-corrected chi connectivity index (χ2v) is 4.85. The highest BCUT2D eigenvalue weighted by molar-refractivity contribution is 5.74. The van der Waals surface area contributed by atoms with Gasteiger partial charge in [-0.15, -0.1) is 0 Å². The van der Waals surface area contributed by atoms with Crippen LogP contribution in [-0.2, 0) is 9.53 Å². The van der Waals surface area contributed by atoms with E-state index in [9.17, 15) is 9.59 Å². The highest BCUT2D eigenvalue weighted by Crippen LogP contribution is 2.12. The van der Waals surface area contributed by atoms with Crippen molar-refractivity contribution in [2.45, 2.75) is 57.7 Å². The van der Waals surface area contributed by atoms with Crippen molar-refractivity contribution in [2.75, 3.05) is 6.61 Å². The lowest BCUT2D eigenvalue weighted by Crippen LogP contribution is -2.48. The van der Waals surface area contributed by atoms with Crippen molar-refractivity contribution in [3.05, 3.63) is 0 Å². The minimum atomic E-state index is -0.845. The Bertz CT molecular complexity index is 296. The SMILES string of the molecule is CC(CCC(=O)O)NC(=O)NC1CCOC(C)C1. The van der Waals surface area contributed by atoms with E-state index in [0.717, 1.165) is 12.8 Å². The van der Waals surface area contributed by atoms with Gasteiger partial charge in [0.15, 0.2) is 0 Å². The average molecular weight is 258 g/mol. The number of amides is 2. The van der Waals surface area contributed by atoms with Gasteiger partial charge in [0, 0.05) is 25.1 Å². The molecule has 0 bridgehead atoms. The van der Waals surface area contributed by atoms with E-state index in [2.05, 4.69) is 10.6 Å². The molecule has 3 N–H and O–H groups in total. The molecule has 1 aliphatic heterocycles. The van der Waals surface area contributed by atoms with Crippen molar-refractivity contribution in [1.82, 2.24) is 10.6 Å². The van der Waals surface area contributed by atoms with Crippen molar-refractivity contribution in [3.8, 4) is 0 Å². The van der Waals surface area contributed by atoms with E-state index in [1.807, 2.05) is 6.92 Å². The first-order valence-electron chi connectivity index (χ1n) is 6.37. The first-order chi connectivity index (χ1) is 8.47. The molecule has 0 spiro atoms. The summed E-state index contributed by atoms with van der Waals surface area (Å²) in [5.41, 5.74) is 0. The maximum Gasteiger partial charge on any atom is 0.315 e. The number of carboxylic acid groups (broad SMARTS) is 1. The summed E-state index contributed by atoms with van der Waals surface area (Å²) in [6, 6.07) is -0.231. The minimum absolute atomic E-state index is 0.0652. The van der Waals surface area contributed by atoms with Gasteiger partial charge in [0.1, 0.15) is 0 Å². The molecule has 0 aliphatic carbocycles. The monoisotopic (exact) mass is 258 g/mol. The number of hydrogen-bond donors (Lipinski definition) is 3. The van der Waals surface area contributed by atoms with Crippen molar-refractivity contribution in [3.63, 3.8) is 0 Å². The zero-order valence-corrected chi connectivity index (χ0v) is 10.9. The molecule has 104 valence electrons. The lowest BCUT2D eigenvalue weighted by Gasteiger charge is -2.28. The molecule has 18 heavy (non-hydrogen) atoms. The van der Waals surface area contributed by atoms with Gasteiger partial charge in [-0.05, 0) is 33.1 Å². The molecule has 6 heteroatoms. The van der Waals surface area contributed by atoms with Crippen LogP contribution in [0.25, 0.3) is 0 Å². The van der Waals surface area contributed by atoms with Crippen LogP contribution in [0, 0.1) is 0 Å². The molecule has 6 nitrogen and oxygen atoms in total. The zero-order valence-electron chi connectivity index (χ0n) is 10.9. The Morgan fingerprint density at radius 2 is 2.22 bits per heavy atom. The zero-order chi connectivity index (χ0) is 13.5. The number of nitrogens with one attached hydrogen (secondary N) is 2. The standard InChI is InChI=1S/C12H22N2O4/c1-8(3-4-11(15)16)13-12(17)14-10-5-6-18-9(2)7-10/h8-10H,3-7H2,1-2H3,(H,15,16)(H2,13,14,17). The summed E-state index contributed by atoms with van der Waals surface area (Å²) in [5.74, 6) is -0.845. The van der Waals surface area contributed by atoms with E-state index >= 15 is 0 Å². The molecule has 0 radical (unpaired) electrons. The van der Waals surface area contributed by atoms with Crippen LogP contribution >= 0.6 is 0 Å². The third-order valence-electron chi connectivity index (χ3n) is 2.99. The van der Waals surface area contributed by atoms with Crippen LogP contribution in [0.1, 0.15) is 39.5 Å². The van der Waals surface area contributed by atoms with E-state index in [1.165, 1.54) is 0 Å². The molecule has 0 aromatic heterocycles. The van der Waals surface area contributed by atoms with E-state index in [4.69, 9.17) is 9.84 Å². The first-order valence-corrected chi connectivity index (χ1v) is 6.37. The smallest absolute Gasteiger partial charge is 0.315 e. The molecule has 1 saturated heterocycles. The molecule has 0 aromatic rings. The normalized spacial score (nSPS) is 25.2. The van der Waals surface area contributed by atoms with Crippen LogP contribution in [0.4, 0.5) is 4.79 Å². The van der Waals surface area contributed by atoms with Gasteiger partial charge < -0.3 is 20.5 Å². The molecular weight excluding hydrogens is 236 g/mol. The number of carboxylic acids is 1. The third kappa shape index (κ3) is 5.86. The predicted molar refractivity (Wildman–Crippen MR) is 66.4 cm³/mol. The fraction of sp³-hybridized carbons (Fsp3) is 0.833. The molecule has 3 atom stereocenters. The molecule has 1 aliphatic rings. The molecule has 1 heterocycles. The maximum atomic E-state index is 11.7. The van der Waals surface area contributed by atoms with Crippen LogP contribution in [0.3, 0.4) is 0 Å². The Hall–Kier alpha value is -1.30. The summed E-state index contributed by atoms with van der Waals surface area (Å²) in [5, 5.41) is 14.2. The lowest BCUT2D eigenvalue weighted by molar-refractivity contribution is -0.137. The number of rotatable bonds is 5. The quantitative estimate of drug-likeness (QED) is 0.689. The molecule has 0 saturated carbocycles. The second-order valence-electron chi connectivity index (χ2n) is 4.85. The lowest BCUT2D eigenvalue weighted by atomic mass is 10.0. The molecular formula is C12H22N2O4. The fourth-order valence-electron chi connectivity index (χ4n) is 1.99. The van der Waals surface area contributed by atoms with Gasteiger partial charge in [-0.1, -0.05) is 0 Å². The first kappa shape index (κ1) is 14.8. The summed E-state index contributed by atoms with van der Waals surface area (Å²) < 4.78 is 5.40.